The highest BCUT2D eigenvalue weighted by molar-refractivity contribution is 6.03. The second-order valence-corrected chi connectivity index (χ2v) is 8.95. The molecule has 1 amide bonds. The molecule has 4 rings (SSSR count). The number of ketones is 2. The van der Waals surface area contributed by atoms with Crippen LogP contribution in [-0.4, -0.2) is 45.7 Å². The highest BCUT2D eigenvalue weighted by atomic mass is 19.1. The van der Waals surface area contributed by atoms with Gasteiger partial charge in [-0.15, -0.1) is 0 Å². The van der Waals surface area contributed by atoms with Gasteiger partial charge in [0.25, 0.3) is 0 Å². The highest BCUT2D eigenvalue weighted by Gasteiger charge is 2.46. The number of Topliss-reactive ketones (excluding diaryl/α,β-unsaturated/α-hetero) is 2. The molecular formula is C28H26FNO5. The molecule has 0 bridgehead atoms. The molecule has 1 heterocycles. The van der Waals surface area contributed by atoms with Gasteiger partial charge in [0.05, 0.1) is 0 Å². The quantitative estimate of drug-likeness (QED) is 0.531. The monoisotopic (exact) mass is 475 g/mol. The Morgan fingerprint density at radius 1 is 0.829 bits per heavy atom. The number of hydrogen-bond acceptors (Lipinski definition) is 5. The fourth-order valence-corrected chi connectivity index (χ4v) is 4.97. The Bertz CT molecular complexity index is 1240. The SMILES string of the molecule is CC(=O)N1CC(C(=O)c2cccc(O)c2)C(c2cccc(F)c2C)C(C(=O)c2cccc(O)c2)C1. The Labute approximate surface area is 202 Å². The zero-order valence-corrected chi connectivity index (χ0v) is 19.4. The lowest BCUT2D eigenvalue weighted by Gasteiger charge is -2.43. The normalized spacial score (nSPS) is 19.9. The van der Waals surface area contributed by atoms with E-state index in [1.807, 2.05) is 0 Å². The molecule has 35 heavy (non-hydrogen) atoms. The van der Waals surface area contributed by atoms with Crippen LogP contribution in [0, 0.1) is 24.6 Å². The third kappa shape index (κ3) is 4.80. The van der Waals surface area contributed by atoms with Gasteiger partial charge in [0.2, 0.25) is 5.91 Å². The first-order valence-electron chi connectivity index (χ1n) is 11.3. The van der Waals surface area contributed by atoms with Gasteiger partial charge in [-0.25, -0.2) is 4.39 Å². The molecule has 2 unspecified atom stereocenters. The topological polar surface area (TPSA) is 94.9 Å². The largest absolute Gasteiger partial charge is 0.508 e. The molecule has 180 valence electrons. The highest BCUT2D eigenvalue weighted by Crippen LogP contribution is 2.42. The summed E-state index contributed by atoms with van der Waals surface area (Å²) in [7, 11) is 0. The van der Waals surface area contributed by atoms with Crippen LogP contribution in [-0.2, 0) is 4.79 Å². The fourth-order valence-electron chi connectivity index (χ4n) is 4.97. The Morgan fingerprint density at radius 2 is 1.31 bits per heavy atom. The number of phenols is 2. The number of likely N-dealkylation sites (tertiary alicyclic amines) is 1. The zero-order chi connectivity index (χ0) is 25.3. The van der Waals surface area contributed by atoms with Gasteiger partial charge in [0.15, 0.2) is 11.6 Å². The first-order valence-corrected chi connectivity index (χ1v) is 11.3. The minimum atomic E-state index is -0.860. The van der Waals surface area contributed by atoms with Gasteiger partial charge in [0.1, 0.15) is 17.3 Å². The standard InChI is InChI=1S/C28H26FNO5/c1-16-22(10-5-11-25(16)29)26-23(27(34)18-6-3-8-20(32)12-18)14-30(17(2)31)15-24(26)28(35)19-7-4-9-21(33)13-19/h3-13,23-24,26,32-33H,14-15H2,1-2H3. The van der Waals surface area contributed by atoms with Crippen molar-refractivity contribution >= 4 is 17.5 Å². The molecule has 3 aromatic rings. The van der Waals surface area contributed by atoms with Crippen LogP contribution in [0.2, 0.25) is 0 Å². The fraction of sp³-hybridized carbons (Fsp3) is 0.250. The second kappa shape index (κ2) is 9.70. The zero-order valence-electron chi connectivity index (χ0n) is 19.4. The number of carbonyl (C=O) groups is 3. The molecule has 2 N–H and O–H groups in total. The average Bonchev–Trinajstić information content (AvgIpc) is 2.84. The number of carbonyl (C=O) groups excluding carboxylic acids is 3. The third-order valence-electron chi connectivity index (χ3n) is 6.75. The van der Waals surface area contributed by atoms with Crippen LogP contribution >= 0.6 is 0 Å². The number of piperidine rings is 1. The molecule has 1 aliphatic heterocycles. The predicted octanol–water partition coefficient (Wildman–Crippen LogP) is 4.49. The van der Waals surface area contributed by atoms with Gasteiger partial charge in [0, 0.05) is 48.9 Å². The van der Waals surface area contributed by atoms with E-state index in [-0.39, 0.29) is 53.2 Å². The molecule has 0 radical (unpaired) electrons. The molecular weight excluding hydrogens is 449 g/mol. The summed E-state index contributed by atoms with van der Waals surface area (Å²) in [6.45, 7) is 3.08. The summed E-state index contributed by atoms with van der Waals surface area (Å²) in [4.78, 5) is 41.4. The van der Waals surface area contributed by atoms with Crippen molar-refractivity contribution in [1.82, 2.24) is 4.90 Å². The molecule has 2 atom stereocenters. The van der Waals surface area contributed by atoms with Crippen molar-refractivity contribution < 1.29 is 29.0 Å². The summed E-state index contributed by atoms with van der Waals surface area (Å²) < 4.78 is 14.6. The van der Waals surface area contributed by atoms with Crippen molar-refractivity contribution in [1.29, 1.82) is 0 Å². The Morgan fingerprint density at radius 3 is 1.77 bits per heavy atom. The molecule has 1 aliphatic rings. The van der Waals surface area contributed by atoms with E-state index in [0.717, 1.165) is 0 Å². The van der Waals surface area contributed by atoms with Crippen molar-refractivity contribution in [2.75, 3.05) is 13.1 Å². The van der Waals surface area contributed by atoms with Gasteiger partial charge >= 0.3 is 0 Å². The van der Waals surface area contributed by atoms with E-state index < -0.39 is 23.6 Å². The van der Waals surface area contributed by atoms with Gasteiger partial charge in [-0.05, 0) is 48.4 Å². The number of rotatable bonds is 5. The lowest BCUT2D eigenvalue weighted by atomic mass is 9.67. The molecule has 7 heteroatoms. The van der Waals surface area contributed by atoms with E-state index in [4.69, 9.17) is 0 Å². The summed E-state index contributed by atoms with van der Waals surface area (Å²) in [5.41, 5.74) is 1.33. The maximum atomic E-state index is 14.6. The third-order valence-corrected chi connectivity index (χ3v) is 6.75. The van der Waals surface area contributed by atoms with E-state index in [2.05, 4.69) is 0 Å². The number of halogens is 1. The van der Waals surface area contributed by atoms with Crippen LogP contribution in [0.15, 0.2) is 66.7 Å². The number of nitrogens with zero attached hydrogens (tertiary/aromatic N) is 1. The summed E-state index contributed by atoms with van der Waals surface area (Å²) >= 11 is 0. The van der Waals surface area contributed by atoms with Crippen molar-refractivity contribution in [3.8, 4) is 11.5 Å². The summed E-state index contributed by atoms with van der Waals surface area (Å²) in [6.07, 6.45) is 0. The van der Waals surface area contributed by atoms with Crippen LogP contribution in [0.3, 0.4) is 0 Å². The molecule has 0 saturated carbocycles. The van der Waals surface area contributed by atoms with Gasteiger partial charge in [-0.1, -0.05) is 36.4 Å². The number of benzene rings is 3. The average molecular weight is 476 g/mol. The number of amides is 1. The summed E-state index contributed by atoms with van der Waals surface area (Å²) in [5.74, 6) is -4.07. The second-order valence-electron chi connectivity index (χ2n) is 8.95. The van der Waals surface area contributed by atoms with Crippen molar-refractivity contribution in [3.05, 3.63) is 94.8 Å². The van der Waals surface area contributed by atoms with Crippen LogP contribution in [0.4, 0.5) is 4.39 Å². The lowest BCUT2D eigenvalue weighted by molar-refractivity contribution is -0.131. The first kappa shape index (κ1) is 24.1. The Balaban J connectivity index is 1.89. The Kier molecular flexibility index (Phi) is 6.69. The van der Waals surface area contributed by atoms with Gasteiger partial charge < -0.3 is 15.1 Å². The van der Waals surface area contributed by atoms with E-state index >= 15 is 0 Å². The lowest BCUT2D eigenvalue weighted by Crippen LogP contribution is -2.52. The van der Waals surface area contributed by atoms with Crippen LogP contribution in [0.5, 0.6) is 11.5 Å². The van der Waals surface area contributed by atoms with E-state index in [9.17, 15) is 29.0 Å². The van der Waals surface area contributed by atoms with Crippen LogP contribution in [0.1, 0.15) is 44.7 Å². The maximum absolute atomic E-state index is 14.6. The molecule has 1 saturated heterocycles. The maximum Gasteiger partial charge on any atom is 0.219 e. The minimum absolute atomic E-state index is 0.0499. The smallest absolute Gasteiger partial charge is 0.219 e. The van der Waals surface area contributed by atoms with Crippen molar-refractivity contribution in [3.63, 3.8) is 0 Å². The van der Waals surface area contributed by atoms with Crippen molar-refractivity contribution in [2.24, 2.45) is 11.8 Å². The van der Waals surface area contributed by atoms with Gasteiger partial charge in [-0.3, -0.25) is 14.4 Å². The number of aromatic hydroxyl groups is 2. The molecule has 0 aliphatic carbocycles. The van der Waals surface area contributed by atoms with Gasteiger partial charge in [-0.2, -0.15) is 0 Å². The molecule has 1 fully saturated rings. The van der Waals surface area contributed by atoms with Crippen LogP contribution < -0.4 is 0 Å². The molecule has 0 spiro atoms. The van der Waals surface area contributed by atoms with E-state index in [0.29, 0.717) is 11.1 Å². The van der Waals surface area contributed by atoms with E-state index in [1.54, 1.807) is 43.3 Å². The molecule has 6 nitrogen and oxygen atoms in total. The van der Waals surface area contributed by atoms with Crippen LogP contribution in [0.25, 0.3) is 0 Å². The summed E-state index contributed by atoms with van der Waals surface area (Å²) in [5, 5.41) is 19.9. The summed E-state index contributed by atoms with van der Waals surface area (Å²) in [6, 6.07) is 16.4. The Hall–Kier alpha value is -4.00. The van der Waals surface area contributed by atoms with Crippen molar-refractivity contribution in [2.45, 2.75) is 19.8 Å². The minimum Gasteiger partial charge on any atom is -0.508 e. The number of hydrogen-bond donors (Lipinski definition) is 2. The number of phenolic OH excluding ortho intramolecular Hbond substituents is 2. The predicted molar refractivity (Wildman–Crippen MR) is 128 cm³/mol. The molecule has 3 aromatic carbocycles. The molecule has 0 aromatic heterocycles. The first-order chi connectivity index (χ1) is 16.7. The van der Waals surface area contributed by atoms with E-state index in [1.165, 1.54) is 42.2 Å².